The van der Waals surface area contributed by atoms with E-state index in [4.69, 9.17) is 17.2 Å². The lowest BCUT2D eigenvalue weighted by atomic mass is 10.1. The van der Waals surface area contributed by atoms with Crippen LogP contribution in [-0.4, -0.2) is 43.1 Å². The first kappa shape index (κ1) is 15.0. The van der Waals surface area contributed by atoms with Crippen molar-refractivity contribution in [3.8, 4) is 0 Å². The van der Waals surface area contributed by atoms with E-state index in [1.807, 2.05) is 0 Å². The number of aromatic nitrogens is 1. The minimum atomic E-state index is -0.173. The monoisotopic (exact) mass is 298 g/mol. The first-order valence-electron chi connectivity index (χ1n) is 6.87. The van der Waals surface area contributed by atoms with Gasteiger partial charge in [-0.1, -0.05) is 11.3 Å². The summed E-state index contributed by atoms with van der Waals surface area (Å²) in [5, 5.41) is 3.60. The quantitative estimate of drug-likeness (QED) is 0.555. The van der Waals surface area contributed by atoms with Gasteiger partial charge >= 0.3 is 0 Å². The van der Waals surface area contributed by atoms with Gasteiger partial charge in [-0.05, 0) is 25.8 Å². The number of nitrogens with two attached hydrogens (primary N) is 3. The van der Waals surface area contributed by atoms with Crippen LogP contribution in [0.15, 0.2) is 0 Å². The molecule has 1 fully saturated rings. The van der Waals surface area contributed by atoms with Gasteiger partial charge in [0, 0.05) is 25.7 Å². The van der Waals surface area contributed by atoms with Crippen molar-refractivity contribution >= 4 is 28.2 Å². The number of amides is 1. The van der Waals surface area contributed by atoms with E-state index >= 15 is 0 Å². The van der Waals surface area contributed by atoms with E-state index in [-0.39, 0.29) is 11.9 Å². The van der Waals surface area contributed by atoms with Crippen molar-refractivity contribution in [1.29, 1.82) is 0 Å². The Morgan fingerprint density at radius 3 is 2.80 bits per heavy atom. The minimum Gasteiger partial charge on any atom is -0.382 e. The van der Waals surface area contributed by atoms with Crippen LogP contribution in [0.25, 0.3) is 0 Å². The maximum Gasteiger partial charge on any atom is 0.265 e. The molecule has 0 aliphatic carbocycles. The molecule has 7 nitrogen and oxygen atoms in total. The zero-order valence-electron chi connectivity index (χ0n) is 11.5. The Labute approximate surface area is 122 Å². The summed E-state index contributed by atoms with van der Waals surface area (Å²) in [5.41, 5.74) is 17.1. The van der Waals surface area contributed by atoms with E-state index in [9.17, 15) is 4.79 Å². The number of anilines is 2. The van der Waals surface area contributed by atoms with Crippen molar-refractivity contribution in [2.24, 2.45) is 11.5 Å². The molecule has 8 heteroatoms. The summed E-state index contributed by atoms with van der Waals surface area (Å²) >= 11 is 1.34. The molecular weight excluding hydrogens is 276 g/mol. The molecule has 0 radical (unpaired) electrons. The lowest BCUT2D eigenvalue weighted by Crippen LogP contribution is -2.39. The van der Waals surface area contributed by atoms with Gasteiger partial charge in [0.1, 0.15) is 10.7 Å². The van der Waals surface area contributed by atoms with Crippen LogP contribution >= 0.6 is 11.3 Å². The van der Waals surface area contributed by atoms with Crippen LogP contribution in [0.4, 0.5) is 10.9 Å². The number of nitrogen functional groups attached to an aromatic ring is 1. The Bertz CT molecular complexity index is 455. The molecule has 1 aromatic heterocycles. The number of piperidine rings is 1. The summed E-state index contributed by atoms with van der Waals surface area (Å²) in [4.78, 5) is 18.9. The van der Waals surface area contributed by atoms with Crippen LogP contribution in [-0.2, 0) is 0 Å². The molecule has 112 valence electrons. The van der Waals surface area contributed by atoms with Gasteiger partial charge in [0.15, 0.2) is 5.13 Å². The Hall–Kier alpha value is -1.38. The summed E-state index contributed by atoms with van der Waals surface area (Å²) in [5.74, 6) is 0.124. The highest BCUT2D eigenvalue weighted by Crippen LogP contribution is 2.29. The third kappa shape index (κ3) is 3.59. The number of thiazole rings is 1. The third-order valence-corrected chi connectivity index (χ3v) is 4.46. The molecular formula is C12H22N6OS. The average Bonchev–Trinajstić information content (AvgIpc) is 2.82. The number of rotatable bonds is 5. The van der Waals surface area contributed by atoms with Crippen LogP contribution in [0.5, 0.6) is 0 Å². The van der Waals surface area contributed by atoms with Crippen LogP contribution in [0.2, 0.25) is 0 Å². The van der Waals surface area contributed by atoms with Crippen molar-refractivity contribution in [3.63, 3.8) is 0 Å². The number of hydrogen-bond donors (Lipinski definition) is 4. The SMILES string of the molecule is NCCCNC(=O)c1sc(N2CCC(N)CC2)nc1N. The Morgan fingerprint density at radius 2 is 2.15 bits per heavy atom. The number of hydrogen-bond acceptors (Lipinski definition) is 7. The lowest BCUT2D eigenvalue weighted by Gasteiger charge is -2.29. The Morgan fingerprint density at radius 1 is 1.45 bits per heavy atom. The first-order valence-corrected chi connectivity index (χ1v) is 7.68. The second kappa shape index (κ2) is 6.87. The molecule has 2 heterocycles. The van der Waals surface area contributed by atoms with E-state index in [0.717, 1.165) is 37.5 Å². The van der Waals surface area contributed by atoms with Crippen molar-refractivity contribution in [1.82, 2.24) is 10.3 Å². The van der Waals surface area contributed by atoms with Gasteiger partial charge in [-0.25, -0.2) is 4.98 Å². The zero-order chi connectivity index (χ0) is 14.5. The van der Waals surface area contributed by atoms with Crippen molar-refractivity contribution in [3.05, 3.63) is 4.88 Å². The standard InChI is InChI=1S/C12H22N6OS/c13-4-1-5-16-11(19)9-10(15)17-12(20-9)18-6-2-8(14)3-7-18/h8H,1-7,13-15H2,(H,16,19). The molecule has 1 amide bonds. The van der Waals surface area contributed by atoms with Gasteiger partial charge in [-0.3, -0.25) is 4.79 Å². The van der Waals surface area contributed by atoms with Crippen molar-refractivity contribution in [2.45, 2.75) is 25.3 Å². The topological polar surface area (TPSA) is 123 Å². The molecule has 0 spiro atoms. The maximum atomic E-state index is 12.0. The number of nitrogens with zero attached hydrogens (tertiary/aromatic N) is 2. The van der Waals surface area contributed by atoms with Crippen molar-refractivity contribution < 1.29 is 4.79 Å². The van der Waals surface area contributed by atoms with Crippen molar-refractivity contribution in [2.75, 3.05) is 36.8 Å². The summed E-state index contributed by atoms with van der Waals surface area (Å²) in [6.45, 7) is 2.84. The fourth-order valence-electron chi connectivity index (χ4n) is 2.09. The zero-order valence-corrected chi connectivity index (χ0v) is 12.3. The summed E-state index contributed by atoms with van der Waals surface area (Å²) in [6.07, 6.45) is 2.64. The number of carbonyl (C=O) groups excluding carboxylic acids is 1. The third-order valence-electron chi connectivity index (χ3n) is 3.32. The highest BCUT2D eigenvalue weighted by Gasteiger charge is 2.22. The summed E-state index contributed by atoms with van der Waals surface area (Å²) in [6, 6.07) is 0.266. The van der Waals surface area contributed by atoms with Crippen LogP contribution < -0.4 is 27.4 Å². The predicted molar refractivity (Wildman–Crippen MR) is 82.0 cm³/mol. The van der Waals surface area contributed by atoms with Crippen LogP contribution in [0.3, 0.4) is 0 Å². The highest BCUT2D eigenvalue weighted by atomic mass is 32.1. The Kier molecular flexibility index (Phi) is 5.16. The molecule has 0 unspecified atom stereocenters. The molecule has 1 aromatic rings. The second-order valence-electron chi connectivity index (χ2n) is 4.93. The van der Waals surface area contributed by atoms with Gasteiger partial charge in [-0.2, -0.15) is 0 Å². The molecule has 0 saturated carbocycles. The van der Waals surface area contributed by atoms with Gasteiger partial charge in [0.05, 0.1) is 0 Å². The number of nitrogens with one attached hydrogen (secondary N) is 1. The fourth-order valence-corrected chi connectivity index (χ4v) is 3.05. The molecule has 0 aromatic carbocycles. The first-order chi connectivity index (χ1) is 9.61. The molecule has 20 heavy (non-hydrogen) atoms. The maximum absolute atomic E-state index is 12.0. The predicted octanol–water partition coefficient (Wildman–Crippen LogP) is -0.269. The molecule has 2 rings (SSSR count). The number of carbonyl (C=O) groups is 1. The van der Waals surface area contributed by atoms with E-state index in [0.29, 0.717) is 23.8 Å². The van der Waals surface area contributed by atoms with Gasteiger partial charge in [0.25, 0.3) is 5.91 Å². The molecule has 1 saturated heterocycles. The summed E-state index contributed by atoms with van der Waals surface area (Å²) in [7, 11) is 0. The van der Waals surface area contributed by atoms with Crippen LogP contribution in [0, 0.1) is 0 Å². The van der Waals surface area contributed by atoms with Gasteiger partial charge < -0.3 is 27.4 Å². The highest BCUT2D eigenvalue weighted by molar-refractivity contribution is 7.18. The van der Waals surface area contributed by atoms with E-state index in [1.165, 1.54) is 11.3 Å². The lowest BCUT2D eigenvalue weighted by molar-refractivity contribution is 0.0958. The van der Waals surface area contributed by atoms with Gasteiger partial charge in [-0.15, -0.1) is 0 Å². The average molecular weight is 298 g/mol. The van der Waals surface area contributed by atoms with E-state index < -0.39 is 0 Å². The second-order valence-corrected chi connectivity index (χ2v) is 5.91. The molecule has 7 N–H and O–H groups in total. The smallest absolute Gasteiger partial charge is 0.265 e. The molecule has 0 bridgehead atoms. The van der Waals surface area contributed by atoms with Gasteiger partial charge in [0.2, 0.25) is 0 Å². The van der Waals surface area contributed by atoms with E-state index in [2.05, 4.69) is 15.2 Å². The molecule has 0 atom stereocenters. The minimum absolute atomic E-state index is 0.173. The van der Waals surface area contributed by atoms with E-state index in [1.54, 1.807) is 0 Å². The summed E-state index contributed by atoms with van der Waals surface area (Å²) < 4.78 is 0. The molecule has 1 aliphatic rings. The molecule has 1 aliphatic heterocycles. The van der Waals surface area contributed by atoms with Crippen LogP contribution in [0.1, 0.15) is 28.9 Å². The normalized spacial score (nSPS) is 16.4. The Balaban J connectivity index is 2.00. The fraction of sp³-hybridized carbons (Fsp3) is 0.667. The largest absolute Gasteiger partial charge is 0.382 e.